The Kier molecular flexibility index (Phi) is 3.92. The highest BCUT2D eigenvalue weighted by molar-refractivity contribution is 6.03. The zero-order valence-electron chi connectivity index (χ0n) is 11.3. The molecule has 1 aromatic carbocycles. The minimum absolute atomic E-state index is 0.0338. The van der Waals surface area contributed by atoms with Gasteiger partial charge >= 0.3 is 0 Å². The van der Waals surface area contributed by atoms with E-state index < -0.39 is 22.3 Å². The van der Waals surface area contributed by atoms with Gasteiger partial charge in [-0.2, -0.15) is 0 Å². The van der Waals surface area contributed by atoms with E-state index in [1.807, 2.05) is 13.8 Å². The maximum absolute atomic E-state index is 13.7. The minimum Gasteiger partial charge on any atom is -0.289 e. The van der Waals surface area contributed by atoms with Crippen molar-refractivity contribution in [2.75, 3.05) is 5.32 Å². The van der Waals surface area contributed by atoms with Crippen molar-refractivity contribution >= 4 is 17.5 Å². The number of carbonyl (C=O) groups is 1. The second-order valence-corrected chi connectivity index (χ2v) is 4.52. The van der Waals surface area contributed by atoms with Crippen LogP contribution in [-0.2, 0) is 0 Å². The number of non-ortho nitro benzene ring substituents is 1. The molecule has 0 radical (unpaired) electrons. The molecule has 21 heavy (non-hydrogen) atoms. The van der Waals surface area contributed by atoms with Crippen LogP contribution in [0.25, 0.3) is 0 Å². The molecule has 0 saturated carbocycles. The first-order chi connectivity index (χ1) is 9.88. The number of nitrogens with one attached hydrogen (secondary N) is 1. The normalized spacial score (nSPS) is 10.7. The van der Waals surface area contributed by atoms with E-state index in [0.717, 1.165) is 12.1 Å². The molecule has 0 spiro atoms. The van der Waals surface area contributed by atoms with Crippen LogP contribution in [0, 0.1) is 15.9 Å². The quantitative estimate of drug-likeness (QED) is 0.687. The van der Waals surface area contributed by atoms with Crippen LogP contribution in [0.15, 0.2) is 24.5 Å². The summed E-state index contributed by atoms with van der Waals surface area (Å²) in [5, 5.41) is 16.8. The molecule has 0 bridgehead atoms. The molecular weight excluding hydrogens is 281 g/mol. The molecule has 110 valence electrons. The first-order valence-corrected chi connectivity index (χ1v) is 6.05. The van der Waals surface area contributed by atoms with E-state index in [4.69, 9.17) is 0 Å². The highest BCUT2D eigenvalue weighted by Gasteiger charge is 2.17. The van der Waals surface area contributed by atoms with Gasteiger partial charge in [0.1, 0.15) is 12.1 Å². The second-order valence-electron chi connectivity index (χ2n) is 4.52. The van der Waals surface area contributed by atoms with E-state index in [-0.39, 0.29) is 17.6 Å². The Morgan fingerprint density at radius 1 is 1.48 bits per heavy atom. The molecule has 0 fully saturated rings. The summed E-state index contributed by atoms with van der Waals surface area (Å²) in [6, 6.07) is 2.86. The summed E-state index contributed by atoms with van der Waals surface area (Å²) >= 11 is 0. The molecular formula is C12H12FN5O3. The molecule has 0 unspecified atom stereocenters. The lowest BCUT2D eigenvalue weighted by Gasteiger charge is -2.04. The topological polar surface area (TPSA) is 103 Å². The summed E-state index contributed by atoms with van der Waals surface area (Å²) in [5.74, 6) is -1.72. The summed E-state index contributed by atoms with van der Waals surface area (Å²) in [6.45, 7) is 3.77. The van der Waals surface area contributed by atoms with Crippen molar-refractivity contribution in [3.63, 3.8) is 0 Å². The van der Waals surface area contributed by atoms with Gasteiger partial charge in [0, 0.05) is 12.1 Å². The summed E-state index contributed by atoms with van der Waals surface area (Å²) in [6.07, 6.45) is 1.44. The van der Waals surface area contributed by atoms with Crippen LogP contribution in [0.4, 0.5) is 16.0 Å². The Morgan fingerprint density at radius 2 is 2.19 bits per heavy atom. The van der Waals surface area contributed by atoms with Gasteiger partial charge in [0.15, 0.2) is 0 Å². The number of aromatic nitrogens is 3. The number of amides is 1. The molecule has 0 atom stereocenters. The third-order valence-corrected chi connectivity index (χ3v) is 2.67. The summed E-state index contributed by atoms with van der Waals surface area (Å²) in [5.41, 5.74) is -0.743. The molecule has 1 amide bonds. The van der Waals surface area contributed by atoms with E-state index in [2.05, 4.69) is 15.4 Å². The number of hydrogen-bond acceptors (Lipinski definition) is 5. The monoisotopic (exact) mass is 293 g/mol. The maximum atomic E-state index is 13.7. The van der Waals surface area contributed by atoms with Crippen LogP contribution in [0.2, 0.25) is 0 Å². The van der Waals surface area contributed by atoms with Crippen molar-refractivity contribution in [2.45, 2.75) is 19.9 Å². The molecule has 0 aliphatic carbocycles. The van der Waals surface area contributed by atoms with E-state index in [1.165, 1.54) is 11.0 Å². The van der Waals surface area contributed by atoms with Crippen LogP contribution in [0.5, 0.6) is 0 Å². The third kappa shape index (κ3) is 3.19. The molecule has 1 aromatic heterocycles. The van der Waals surface area contributed by atoms with E-state index >= 15 is 0 Å². The number of hydrogen-bond donors (Lipinski definition) is 1. The van der Waals surface area contributed by atoms with Crippen molar-refractivity contribution in [3.8, 4) is 0 Å². The molecule has 2 aromatic rings. The van der Waals surface area contributed by atoms with Crippen LogP contribution < -0.4 is 5.32 Å². The molecule has 8 nitrogen and oxygen atoms in total. The Balaban J connectivity index is 2.18. The molecule has 2 rings (SSSR count). The van der Waals surface area contributed by atoms with Crippen molar-refractivity contribution in [3.05, 3.63) is 46.0 Å². The average Bonchev–Trinajstić information content (AvgIpc) is 2.87. The van der Waals surface area contributed by atoms with Gasteiger partial charge in [-0.1, -0.05) is 0 Å². The number of nitro benzene ring substituents is 1. The molecule has 0 aliphatic rings. The summed E-state index contributed by atoms with van der Waals surface area (Å²) in [7, 11) is 0. The Hall–Kier alpha value is -2.84. The SMILES string of the molecule is CC(C)n1cnc(NC(=O)c2ccc([N+](=O)[O-])cc2F)n1. The van der Waals surface area contributed by atoms with Crippen molar-refractivity contribution in [1.82, 2.24) is 14.8 Å². The smallest absolute Gasteiger partial charge is 0.272 e. The molecule has 1 heterocycles. The Bertz CT molecular complexity index is 698. The average molecular weight is 293 g/mol. The second kappa shape index (κ2) is 5.65. The van der Waals surface area contributed by atoms with Gasteiger partial charge in [0.25, 0.3) is 11.6 Å². The maximum Gasteiger partial charge on any atom is 0.272 e. The van der Waals surface area contributed by atoms with Gasteiger partial charge in [0.05, 0.1) is 16.6 Å². The number of anilines is 1. The van der Waals surface area contributed by atoms with Crippen LogP contribution >= 0.6 is 0 Å². The van der Waals surface area contributed by atoms with Gasteiger partial charge < -0.3 is 0 Å². The van der Waals surface area contributed by atoms with Gasteiger partial charge in [0.2, 0.25) is 5.95 Å². The fraction of sp³-hybridized carbons (Fsp3) is 0.250. The lowest BCUT2D eigenvalue weighted by atomic mass is 10.2. The lowest BCUT2D eigenvalue weighted by Crippen LogP contribution is -2.15. The van der Waals surface area contributed by atoms with Crippen molar-refractivity contribution in [1.29, 1.82) is 0 Å². The predicted octanol–water partition coefficient (Wildman–Crippen LogP) is 2.16. The highest BCUT2D eigenvalue weighted by Crippen LogP contribution is 2.17. The number of benzene rings is 1. The lowest BCUT2D eigenvalue weighted by molar-refractivity contribution is -0.385. The zero-order chi connectivity index (χ0) is 15.6. The molecule has 1 N–H and O–H groups in total. The minimum atomic E-state index is -0.981. The first-order valence-electron chi connectivity index (χ1n) is 6.05. The van der Waals surface area contributed by atoms with Crippen molar-refractivity contribution < 1.29 is 14.1 Å². The van der Waals surface area contributed by atoms with E-state index in [1.54, 1.807) is 0 Å². The Labute approximate surface area is 118 Å². The highest BCUT2D eigenvalue weighted by atomic mass is 19.1. The molecule has 0 saturated heterocycles. The number of carbonyl (C=O) groups excluding carboxylic acids is 1. The standard InChI is InChI=1S/C12H12FN5O3/c1-7(2)17-6-14-12(16-17)15-11(19)9-4-3-8(18(20)21)5-10(9)13/h3-7H,1-2H3,(H,15,16,19). The fourth-order valence-corrected chi connectivity index (χ4v) is 1.55. The number of nitro groups is 1. The fourth-order valence-electron chi connectivity index (χ4n) is 1.55. The molecule has 9 heteroatoms. The van der Waals surface area contributed by atoms with Gasteiger partial charge in [-0.3, -0.25) is 20.2 Å². The summed E-state index contributed by atoms with van der Waals surface area (Å²) in [4.78, 5) is 25.5. The number of rotatable bonds is 4. The number of nitrogens with zero attached hydrogens (tertiary/aromatic N) is 4. The van der Waals surface area contributed by atoms with Gasteiger partial charge in [-0.15, -0.1) is 5.10 Å². The largest absolute Gasteiger partial charge is 0.289 e. The van der Waals surface area contributed by atoms with E-state index in [0.29, 0.717) is 6.07 Å². The van der Waals surface area contributed by atoms with E-state index in [9.17, 15) is 19.3 Å². The number of halogens is 1. The zero-order valence-corrected chi connectivity index (χ0v) is 11.3. The van der Waals surface area contributed by atoms with Gasteiger partial charge in [-0.25, -0.2) is 14.1 Å². The third-order valence-electron chi connectivity index (χ3n) is 2.67. The van der Waals surface area contributed by atoms with Crippen LogP contribution in [0.1, 0.15) is 30.2 Å². The Morgan fingerprint density at radius 3 is 2.71 bits per heavy atom. The van der Waals surface area contributed by atoms with Crippen LogP contribution in [0.3, 0.4) is 0 Å². The molecule has 0 aliphatic heterocycles. The first kappa shape index (κ1) is 14.6. The summed E-state index contributed by atoms with van der Waals surface area (Å²) < 4.78 is 15.2. The van der Waals surface area contributed by atoms with Crippen LogP contribution in [-0.4, -0.2) is 25.6 Å². The van der Waals surface area contributed by atoms with Gasteiger partial charge in [-0.05, 0) is 19.9 Å². The van der Waals surface area contributed by atoms with Crippen molar-refractivity contribution in [2.24, 2.45) is 0 Å². The predicted molar refractivity (Wildman–Crippen MR) is 71.4 cm³/mol.